The smallest absolute Gasteiger partial charge is 0.299 e. The van der Waals surface area contributed by atoms with E-state index in [2.05, 4.69) is 4.98 Å². The normalized spacial score (nSPS) is 20.0. The summed E-state index contributed by atoms with van der Waals surface area (Å²) in [6, 6.07) is 5.66. The Balaban J connectivity index is 2.04. The van der Waals surface area contributed by atoms with E-state index in [0.29, 0.717) is 35.1 Å². The van der Waals surface area contributed by atoms with Crippen LogP contribution in [0.3, 0.4) is 0 Å². The number of nitrogen functional groups attached to an aromatic ring is 1. The van der Waals surface area contributed by atoms with Gasteiger partial charge in [-0.05, 0) is 12.1 Å². The second kappa shape index (κ2) is 5.42. The maximum Gasteiger partial charge on any atom is 0.299 e. The average Bonchev–Trinajstić information content (AvgIpc) is 2.93. The minimum Gasteiger partial charge on any atom is -0.423 e. The third-order valence-corrected chi connectivity index (χ3v) is 6.87. The first-order valence-corrected chi connectivity index (χ1v) is 9.61. The summed E-state index contributed by atoms with van der Waals surface area (Å²) in [5, 5.41) is -0.587. The molecule has 2 N–H and O–H groups in total. The van der Waals surface area contributed by atoms with Gasteiger partial charge in [-0.25, -0.2) is 8.42 Å². The summed E-state index contributed by atoms with van der Waals surface area (Å²) < 4.78 is 30.3. The van der Waals surface area contributed by atoms with E-state index in [1.54, 1.807) is 41.8 Å². The van der Waals surface area contributed by atoms with E-state index in [1.807, 2.05) is 0 Å². The SMILES string of the molecule is CCS(=O)(=O)C1CSCCN1c1nc2c(N)cccc2o1. The van der Waals surface area contributed by atoms with Gasteiger partial charge < -0.3 is 15.1 Å². The lowest BCUT2D eigenvalue weighted by molar-refractivity contribution is 0.543. The number of nitrogens with two attached hydrogens (primary N) is 1. The topological polar surface area (TPSA) is 89.4 Å². The molecule has 1 saturated heterocycles. The standard InChI is InChI=1S/C13H17N3O3S2/c1-2-21(17,18)11-8-20-7-6-16(11)13-15-12-9(14)4-3-5-10(12)19-13/h3-5,11H,2,6-8,14H2,1H3. The molecule has 1 atom stereocenters. The van der Waals surface area contributed by atoms with E-state index in [0.717, 1.165) is 5.75 Å². The summed E-state index contributed by atoms with van der Waals surface area (Å²) in [7, 11) is -3.19. The van der Waals surface area contributed by atoms with Crippen LogP contribution < -0.4 is 10.6 Å². The Morgan fingerprint density at radius 2 is 2.33 bits per heavy atom. The third-order valence-electron chi connectivity index (χ3n) is 3.59. The molecule has 21 heavy (non-hydrogen) atoms. The van der Waals surface area contributed by atoms with Gasteiger partial charge in [0.2, 0.25) is 0 Å². The van der Waals surface area contributed by atoms with Crippen molar-refractivity contribution in [3.63, 3.8) is 0 Å². The van der Waals surface area contributed by atoms with Gasteiger partial charge in [0.05, 0.1) is 5.69 Å². The minimum absolute atomic E-state index is 0.108. The number of anilines is 2. The number of hydrogen-bond donors (Lipinski definition) is 1. The van der Waals surface area contributed by atoms with Gasteiger partial charge in [-0.1, -0.05) is 13.0 Å². The van der Waals surface area contributed by atoms with E-state index in [1.165, 1.54) is 0 Å². The fourth-order valence-corrected chi connectivity index (χ4v) is 5.33. The lowest BCUT2D eigenvalue weighted by Crippen LogP contribution is -2.48. The first-order chi connectivity index (χ1) is 10.0. The summed E-state index contributed by atoms with van der Waals surface area (Å²) >= 11 is 1.64. The van der Waals surface area contributed by atoms with Crippen LogP contribution in [0.2, 0.25) is 0 Å². The molecular formula is C13H17N3O3S2. The van der Waals surface area contributed by atoms with Gasteiger partial charge in [-0.2, -0.15) is 16.7 Å². The van der Waals surface area contributed by atoms with Crippen LogP contribution in [0.1, 0.15) is 6.92 Å². The van der Waals surface area contributed by atoms with E-state index in [-0.39, 0.29) is 5.75 Å². The molecule has 6 nitrogen and oxygen atoms in total. The lowest BCUT2D eigenvalue weighted by Gasteiger charge is -2.33. The Labute approximate surface area is 127 Å². The second-order valence-electron chi connectivity index (χ2n) is 4.86. The van der Waals surface area contributed by atoms with Gasteiger partial charge in [-0.15, -0.1) is 0 Å². The van der Waals surface area contributed by atoms with Crippen molar-refractivity contribution >= 4 is 44.4 Å². The molecule has 0 radical (unpaired) electrons. The minimum atomic E-state index is -3.19. The van der Waals surface area contributed by atoms with E-state index in [9.17, 15) is 8.42 Å². The molecular weight excluding hydrogens is 310 g/mol. The number of benzene rings is 1. The van der Waals surface area contributed by atoms with Crippen molar-refractivity contribution in [3.8, 4) is 0 Å². The molecule has 0 amide bonds. The lowest BCUT2D eigenvalue weighted by atomic mass is 10.3. The van der Waals surface area contributed by atoms with Gasteiger partial charge in [0.1, 0.15) is 10.9 Å². The molecule has 0 saturated carbocycles. The third kappa shape index (κ3) is 2.57. The average molecular weight is 327 g/mol. The fraction of sp³-hybridized carbons (Fsp3) is 0.462. The predicted molar refractivity (Wildman–Crippen MR) is 86.3 cm³/mol. The first-order valence-electron chi connectivity index (χ1n) is 6.74. The van der Waals surface area contributed by atoms with Gasteiger partial charge >= 0.3 is 0 Å². The highest BCUT2D eigenvalue weighted by Gasteiger charge is 2.35. The monoisotopic (exact) mass is 327 g/mol. The quantitative estimate of drug-likeness (QED) is 0.859. The Kier molecular flexibility index (Phi) is 3.75. The van der Waals surface area contributed by atoms with Crippen LogP contribution in [0.4, 0.5) is 11.7 Å². The first kappa shape index (κ1) is 14.5. The van der Waals surface area contributed by atoms with Crippen molar-refractivity contribution in [2.45, 2.75) is 12.3 Å². The summed E-state index contributed by atoms with van der Waals surface area (Å²) in [6.45, 7) is 2.26. The molecule has 0 bridgehead atoms. The van der Waals surface area contributed by atoms with Crippen molar-refractivity contribution in [1.82, 2.24) is 4.98 Å². The molecule has 2 aromatic rings. The number of aromatic nitrogens is 1. The number of oxazole rings is 1. The zero-order valence-corrected chi connectivity index (χ0v) is 13.3. The molecule has 1 unspecified atom stereocenters. The van der Waals surface area contributed by atoms with Crippen molar-refractivity contribution in [3.05, 3.63) is 18.2 Å². The van der Waals surface area contributed by atoms with Gasteiger partial charge in [0.15, 0.2) is 15.4 Å². The number of sulfone groups is 1. The number of fused-ring (bicyclic) bond motifs is 1. The van der Waals surface area contributed by atoms with Crippen LogP contribution >= 0.6 is 11.8 Å². The van der Waals surface area contributed by atoms with Crippen molar-refractivity contribution < 1.29 is 12.8 Å². The molecule has 1 fully saturated rings. The summed E-state index contributed by atoms with van der Waals surface area (Å²) in [6.07, 6.45) is 0. The molecule has 0 aliphatic carbocycles. The molecule has 114 valence electrons. The van der Waals surface area contributed by atoms with Crippen LogP contribution in [0.5, 0.6) is 0 Å². The van der Waals surface area contributed by atoms with Crippen LogP contribution in [0.25, 0.3) is 11.1 Å². The zero-order valence-electron chi connectivity index (χ0n) is 11.7. The van der Waals surface area contributed by atoms with Gasteiger partial charge in [-0.3, -0.25) is 0 Å². The summed E-state index contributed by atoms with van der Waals surface area (Å²) in [5.41, 5.74) is 7.57. The Morgan fingerprint density at radius 3 is 3.05 bits per heavy atom. The highest BCUT2D eigenvalue weighted by molar-refractivity contribution is 8.01. The predicted octanol–water partition coefficient (Wildman–Crippen LogP) is 1.72. The van der Waals surface area contributed by atoms with Gasteiger partial charge in [0, 0.05) is 23.8 Å². The number of nitrogens with zero attached hydrogens (tertiary/aromatic N) is 2. The molecule has 2 heterocycles. The number of rotatable bonds is 3. The summed E-state index contributed by atoms with van der Waals surface area (Å²) in [5.74, 6) is 1.49. The Bertz CT molecular complexity index is 757. The van der Waals surface area contributed by atoms with Crippen LogP contribution in [0, 0.1) is 0 Å². The number of hydrogen-bond acceptors (Lipinski definition) is 7. The largest absolute Gasteiger partial charge is 0.423 e. The molecule has 3 rings (SSSR count). The van der Waals surface area contributed by atoms with E-state index >= 15 is 0 Å². The second-order valence-corrected chi connectivity index (χ2v) is 8.46. The Hall–Kier alpha value is -1.41. The van der Waals surface area contributed by atoms with Crippen LogP contribution in [0.15, 0.2) is 22.6 Å². The van der Waals surface area contributed by atoms with Crippen molar-refractivity contribution in [2.24, 2.45) is 0 Å². The summed E-state index contributed by atoms with van der Waals surface area (Å²) in [4.78, 5) is 6.14. The van der Waals surface area contributed by atoms with E-state index < -0.39 is 15.2 Å². The highest BCUT2D eigenvalue weighted by Crippen LogP contribution is 2.31. The molecule has 0 spiro atoms. The fourth-order valence-electron chi connectivity index (χ4n) is 2.37. The molecule has 1 aliphatic rings. The van der Waals surface area contributed by atoms with Crippen molar-refractivity contribution in [2.75, 3.05) is 34.4 Å². The zero-order chi connectivity index (χ0) is 15.0. The highest BCUT2D eigenvalue weighted by atomic mass is 32.2. The van der Waals surface area contributed by atoms with E-state index in [4.69, 9.17) is 10.2 Å². The molecule has 1 aromatic carbocycles. The maximum absolute atomic E-state index is 12.3. The Morgan fingerprint density at radius 1 is 1.52 bits per heavy atom. The number of para-hydroxylation sites is 1. The molecule has 1 aliphatic heterocycles. The van der Waals surface area contributed by atoms with Gasteiger partial charge in [0.25, 0.3) is 6.01 Å². The molecule has 8 heteroatoms. The molecule has 1 aromatic heterocycles. The van der Waals surface area contributed by atoms with Crippen LogP contribution in [-0.4, -0.2) is 42.6 Å². The van der Waals surface area contributed by atoms with Crippen LogP contribution in [-0.2, 0) is 9.84 Å². The maximum atomic E-state index is 12.3. The van der Waals surface area contributed by atoms with Crippen molar-refractivity contribution in [1.29, 1.82) is 0 Å². The number of thioether (sulfide) groups is 1.